The summed E-state index contributed by atoms with van der Waals surface area (Å²) in [7, 11) is 0. The molecular formula is C13H11BrFNO. The van der Waals surface area contributed by atoms with Crippen molar-refractivity contribution in [1.29, 1.82) is 0 Å². The molecule has 17 heavy (non-hydrogen) atoms. The smallest absolute Gasteiger partial charge is 0.165 e. The van der Waals surface area contributed by atoms with Gasteiger partial charge < -0.3 is 10.5 Å². The largest absolute Gasteiger partial charge is 0.454 e. The number of nitrogens with two attached hydrogens (primary N) is 1. The van der Waals surface area contributed by atoms with Crippen LogP contribution in [0.15, 0.2) is 46.9 Å². The Balaban J connectivity index is 2.25. The number of hydrogen-bond acceptors (Lipinski definition) is 2. The van der Waals surface area contributed by atoms with Crippen LogP contribution in [-0.4, -0.2) is 0 Å². The topological polar surface area (TPSA) is 35.2 Å². The molecule has 0 amide bonds. The molecule has 2 aromatic rings. The zero-order chi connectivity index (χ0) is 12.3. The summed E-state index contributed by atoms with van der Waals surface area (Å²) in [6.45, 7) is 0.445. The van der Waals surface area contributed by atoms with Crippen molar-refractivity contribution in [3.05, 3.63) is 58.3 Å². The van der Waals surface area contributed by atoms with Gasteiger partial charge in [-0.1, -0.05) is 34.1 Å². The third-order valence-corrected chi connectivity index (χ3v) is 3.05. The van der Waals surface area contributed by atoms with Crippen LogP contribution in [0.5, 0.6) is 11.5 Å². The van der Waals surface area contributed by atoms with Crippen LogP contribution >= 0.6 is 15.9 Å². The minimum absolute atomic E-state index is 0.208. The molecule has 2 N–H and O–H groups in total. The zero-order valence-corrected chi connectivity index (χ0v) is 10.6. The molecule has 0 spiro atoms. The van der Waals surface area contributed by atoms with Gasteiger partial charge in [-0.15, -0.1) is 0 Å². The minimum atomic E-state index is -0.383. The average Bonchev–Trinajstić information content (AvgIpc) is 2.32. The van der Waals surface area contributed by atoms with E-state index in [1.165, 1.54) is 6.07 Å². The van der Waals surface area contributed by atoms with Crippen molar-refractivity contribution < 1.29 is 9.13 Å². The average molecular weight is 296 g/mol. The number of benzene rings is 2. The van der Waals surface area contributed by atoms with Crippen LogP contribution in [0, 0.1) is 5.82 Å². The maximum atomic E-state index is 13.4. The first kappa shape index (κ1) is 12.1. The summed E-state index contributed by atoms with van der Waals surface area (Å²) in [5, 5.41) is 0. The molecule has 0 saturated heterocycles. The van der Waals surface area contributed by atoms with E-state index in [0.29, 0.717) is 12.3 Å². The summed E-state index contributed by atoms with van der Waals surface area (Å²) in [6.07, 6.45) is 0. The highest BCUT2D eigenvalue weighted by Crippen LogP contribution is 2.28. The molecular weight excluding hydrogens is 285 g/mol. The highest BCUT2D eigenvalue weighted by atomic mass is 79.9. The Morgan fingerprint density at radius 3 is 2.59 bits per heavy atom. The Labute approximate surface area is 107 Å². The van der Waals surface area contributed by atoms with E-state index in [1.807, 2.05) is 6.07 Å². The molecule has 0 aliphatic heterocycles. The van der Waals surface area contributed by atoms with E-state index < -0.39 is 0 Å². The Bertz CT molecular complexity index is 531. The van der Waals surface area contributed by atoms with Gasteiger partial charge in [0.1, 0.15) is 5.75 Å². The predicted molar refractivity (Wildman–Crippen MR) is 68.5 cm³/mol. The molecule has 0 aliphatic rings. The van der Waals surface area contributed by atoms with Crippen LogP contribution in [0.1, 0.15) is 5.56 Å². The molecule has 0 aliphatic carbocycles. The first-order valence-corrected chi connectivity index (χ1v) is 5.91. The lowest BCUT2D eigenvalue weighted by atomic mass is 10.2. The summed E-state index contributed by atoms with van der Waals surface area (Å²) < 4.78 is 19.7. The predicted octanol–water partition coefficient (Wildman–Crippen LogP) is 3.84. The first-order valence-electron chi connectivity index (χ1n) is 5.11. The van der Waals surface area contributed by atoms with Crippen molar-refractivity contribution in [3.63, 3.8) is 0 Å². The Kier molecular flexibility index (Phi) is 3.76. The fraction of sp³-hybridized carbons (Fsp3) is 0.0769. The van der Waals surface area contributed by atoms with Crippen LogP contribution in [0.4, 0.5) is 4.39 Å². The molecule has 0 atom stereocenters. The van der Waals surface area contributed by atoms with Gasteiger partial charge in [0.25, 0.3) is 0 Å². The molecule has 2 rings (SSSR count). The second kappa shape index (κ2) is 5.29. The van der Waals surface area contributed by atoms with E-state index in [9.17, 15) is 4.39 Å². The number of hydrogen-bond donors (Lipinski definition) is 1. The summed E-state index contributed by atoms with van der Waals surface area (Å²) in [4.78, 5) is 0. The summed E-state index contributed by atoms with van der Waals surface area (Å²) in [6, 6.07) is 11.7. The second-order valence-corrected chi connectivity index (χ2v) is 4.34. The van der Waals surface area contributed by atoms with Gasteiger partial charge in [-0.05, 0) is 29.8 Å². The number of ether oxygens (including phenoxy) is 1. The van der Waals surface area contributed by atoms with Gasteiger partial charge in [0.2, 0.25) is 0 Å². The standard InChI is InChI=1S/C13H11BrFNO/c14-11-7-10(6-5-9(11)8-16)17-13-4-2-1-3-12(13)15/h1-7H,8,16H2. The highest BCUT2D eigenvalue weighted by molar-refractivity contribution is 9.10. The van der Waals surface area contributed by atoms with Crippen molar-refractivity contribution in [2.45, 2.75) is 6.54 Å². The zero-order valence-electron chi connectivity index (χ0n) is 8.99. The molecule has 2 aromatic carbocycles. The molecule has 0 bridgehead atoms. The van der Waals surface area contributed by atoms with E-state index in [-0.39, 0.29) is 11.6 Å². The normalized spacial score (nSPS) is 10.3. The van der Waals surface area contributed by atoms with Crippen LogP contribution in [0.3, 0.4) is 0 Å². The molecule has 0 saturated carbocycles. The van der Waals surface area contributed by atoms with Crippen LogP contribution in [-0.2, 0) is 6.54 Å². The summed E-state index contributed by atoms with van der Waals surface area (Å²) in [5.41, 5.74) is 6.52. The lowest BCUT2D eigenvalue weighted by Gasteiger charge is -2.08. The van der Waals surface area contributed by atoms with Gasteiger partial charge in [-0.2, -0.15) is 0 Å². The van der Waals surface area contributed by atoms with Crippen molar-refractivity contribution in [1.82, 2.24) is 0 Å². The first-order chi connectivity index (χ1) is 8.20. The fourth-order valence-corrected chi connectivity index (χ4v) is 1.93. The van der Waals surface area contributed by atoms with E-state index in [4.69, 9.17) is 10.5 Å². The maximum Gasteiger partial charge on any atom is 0.165 e. The van der Waals surface area contributed by atoms with Gasteiger partial charge >= 0.3 is 0 Å². The molecule has 0 fully saturated rings. The van der Waals surface area contributed by atoms with Crippen molar-refractivity contribution in [3.8, 4) is 11.5 Å². The van der Waals surface area contributed by atoms with Gasteiger partial charge in [0.05, 0.1) is 0 Å². The van der Waals surface area contributed by atoms with E-state index in [2.05, 4.69) is 15.9 Å². The quantitative estimate of drug-likeness (QED) is 0.934. The Morgan fingerprint density at radius 1 is 1.18 bits per heavy atom. The third kappa shape index (κ3) is 2.84. The van der Waals surface area contributed by atoms with Gasteiger partial charge in [-0.3, -0.25) is 0 Å². The SMILES string of the molecule is NCc1ccc(Oc2ccccc2F)cc1Br. The third-order valence-electron chi connectivity index (χ3n) is 2.31. The number of rotatable bonds is 3. The second-order valence-electron chi connectivity index (χ2n) is 3.49. The van der Waals surface area contributed by atoms with Crippen LogP contribution < -0.4 is 10.5 Å². The Morgan fingerprint density at radius 2 is 1.94 bits per heavy atom. The van der Waals surface area contributed by atoms with Crippen molar-refractivity contribution in [2.24, 2.45) is 5.73 Å². The monoisotopic (exact) mass is 295 g/mol. The molecule has 0 heterocycles. The molecule has 0 radical (unpaired) electrons. The van der Waals surface area contributed by atoms with Crippen molar-refractivity contribution in [2.75, 3.05) is 0 Å². The van der Waals surface area contributed by atoms with Crippen LogP contribution in [0.2, 0.25) is 0 Å². The summed E-state index contributed by atoms with van der Waals surface area (Å²) >= 11 is 3.39. The lowest BCUT2D eigenvalue weighted by molar-refractivity contribution is 0.442. The van der Waals surface area contributed by atoms with Gasteiger partial charge in [0, 0.05) is 11.0 Å². The molecule has 2 nitrogen and oxygen atoms in total. The molecule has 0 aromatic heterocycles. The molecule has 0 unspecified atom stereocenters. The van der Waals surface area contributed by atoms with Crippen LogP contribution in [0.25, 0.3) is 0 Å². The van der Waals surface area contributed by atoms with Gasteiger partial charge in [-0.25, -0.2) is 4.39 Å². The minimum Gasteiger partial charge on any atom is -0.454 e. The van der Waals surface area contributed by atoms with Gasteiger partial charge in [0.15, 0.2) is 11.6 Å². The number of para-hydroxylation sites is 1. The van der Waals surface area contributed by atoms with E-state index in [1.54, 1.807) is 30.3 Å². The van der Waals surface area contributed by atoms with E-state index >= 15 is 0 Å². The molecule has 88 valence electrons. The number of halogens is 2. The van der Waals surface area contributed by atoms with E-state index in [0.717, 1.165) is 10.0 Å². The maximum absolute atomic E-state index is 13.4. The Hall–Kier alpha value is -1.39. The lowest BCUT2D eigenvalue weighted by Crippen LogP contribution is -1.97. The van der Waals surface area contributed by atoms with Crippen molar-refractivity contribution >= 4 is 15.9 Å². The summed E-state index contributed by atoms with van der Waals surface area (Å²) in [5.74, 6) is 0.394. The highest BCUT2D eigenvalue weighted by Gasteiger charge is 2.05. The fourth-order valence-electron chi connectivity index (χ4n) is 1.41. The molecule has 4 heteroatoms.